The zero-order valence-corrected chi connectivity index (χ0v) is 23.5. The second kappa shape index (κ2) is 13.0. The molecule has 3 heterocycles. The maximum Gasteiger partial charge on any atom is 0.228 e. The zero-order valence-electron chi connectivity index (χ0n) is 23.5. The minimum absolute atomic E-state index is 0. The lowest BCUT2D eigenvalue weighted by Crippen LogP contribution is -2.15. The third-order valence-corrected chi connectivity index (χ3v) is 6.21. The first-order valence-electron chi connectivity index (χ1n) is 13.4. The first-order chi connectivity index (χ1) is 19.3. The summed E-state index contributed by atoms with van der Waals surface area (Å²) < 4.78 is 22.9. The molecule has 0 saturated heterocycles. The number of rotatable bonds is 7. The summed E-state index contributed by atoms with van der Waals surface area (Å²) >= 11 is 0. The van der Waals surface area contributed by atoms with E-state index in [1.54, 1.807) is 41.6 Å². The van der Waals surface area contributed by atoms with E-state index in [1.165, 1.54) is 12.5 Å². The Morgan fingerprint density at radius 2 is 1.80 bits per heavy atom. The van der Waals surface area contributed by atoms with Gasteiger partial charge in [-0.25, -0.2) is 4.39 Å². The highest BCUT2D eigenvalue weighted by atomic mass is 19.1. The van der Waals surface area contributed by atoms with E-state index in [0.717, 1.165) is 27.6 Å². The molecule has 0 aliphatic rings. The standard InChI is InChI=1S/C29H26FN5O2.C3H8.H2/c1-4-35-17-22(15-33-35)34-29(36)13-21-11-19(3)28(14-25(21)30)37-27-8-10-32-26-6-5-20(12-23(26)27)24-16-31-9-7-18(24)2;1-3-2;/h5-12,14-17H,4,13H2,1-3H3,(H,34,36);3H2,1-2H3;1H. The van der Waals surface area contributed by atoms with Crippen LogP contribution < -0.4 is 10.1 Å². The summed E-state index contributed by atoms with van der Waals surface area (Å²) in [5.74, 6) is 0.113. The second-order valence-electron chi connectivity index (χ2n) is 9.56. The average Bonchev–Trinajstić information content (AvgIpc) is 3.39. The van der Waals surface area contributed by atoms with Gasteiger partial charge in [0.1, 0.15) is 17.3 Å². The van der Waals surface area contributed by atoms with Gasteiger partial charge in [0.15, 0.2) is 0 Å². The normalized spacial score (nSPS) is 10.7. The van der Waals surface area contributed by atoms with Crippen molar-refractivity contribution in [2.24, 2.45) is 0 Å². The van der Waals surface area contributed by atoms with Gasteiger partial charge in [0.2, 0.25) is 5.91 Å². The third kappa shape index (κ3) is 6.69. The van der Waals surface area contributed by atoms with Crippen LogP contribution in [-0.2, 0) is 17.8 Å². The summed E-state index contributed by atoms with van der Waals surface area (Å²) in [4.78, 5) is 21.2. The van der Waals surface area contributed by atoms with Crippen molar-refractivity contribution in [2.45, 2.75) is 54.0 Å². The van der Waals surface area contributed by atoms with Crippen LogP contribution >= 0.6 is 0 Å². The molecule has 0 radical (unpaired) electrons. The second-order valence-corrected chi connectivity index (χ2v) is 9.56. The number of hydrogen-bond donors (Lipinski definition) is 1. The van der Waals surface area contributed by atoms with Crippen LogP contribution in [0.25, 0.3) is 22.0 Å². The molecule has 7 nitrogen and oxygen atoms in total. The van der Waals surface area contributed by atoms with Gasteiger partial charge in [0.05, 0.1) is 23.8 Å². The van der Waals surface area contributed by atoms with E-state index in [1.807, 2.05) is 51.2 Å². The number of carbonyl (C=O) groups is 1. The fraction of sp³-hybridized carbons (Fsp3) is 0.250. The van der Waals surface area contributed by atoms with Crippen LogP contribution in [-0.4, -0.2) is 25.7 Å². The highest BCUT2D eigenvalue weighted by Gasteiger charge is 2.15. The maximum atomic E-state index is 15.0. The van der Waals surface area contributed by atoms with Crippen molar-refractivity contribution >= 4 is 22.5 Å². The fourth-order valence-electron chi connectivity index (χ4n) is 4.21. The molecule has 0 unspecified atom stereocenters. The molecule has 0 bridgehead atoms. The van der Waals surface area contributed by atoms with Crippen LogP contribution in [0.1, 0.15) is 45.3 Å². The van der Waals surface area contributed by atoms with E-state index >= 15 is 4.39 Å². The molecule has 0 fully saturated rings. The van der Waals surface area contributed by atoms with Gasteiger partial charge >= 0.3 is 0 Å². The van der Waals surface area contributed by atoms with Crippen molar-refractivity contribution in [3.8, 4) is 22.6 Å². The van der Waals surface area contributed by atoms with Gasteiger partial charge in [-0.1, -0.05) is 26.3 Å². The molecule has 0 aliphatic heterocycles. The van der Waals surface area contributed by atoms with Gasteiger partial charge in [-0.2, -0.15) is 5.10 Å². The summed E-state index contributed by atoms with van der Waals surface area (Å²) in [6, 6.07) is 12.6. The Labute approximate surface area is 235 Å². The van der Waals surface area contributed by atoms with Crippen molar-refractivity contribution in [1.82, 2.24) is 19.7 Å². The van der Waals surface area contributed by atoms with Crippen LogP contribution in [0.15, 0.2) is 73.4 Å². The predicted molar refractivity (Wildman–Crippen MR) is 159 cm³/mol. The number of amides is 1. The lowest BCUT2D eigenvalue weighted by Gasteiger charge is -2.14. The Balaban J connectivity index is 0.00000111. The molecular formula is C32H36FN5O2. The highest BCUT2D eigenvalue weighted by molar-refractivity contribution is 5.92. The molecule has 3 aromatic heterocycles. The Hall–Kier alpha value is -4.59. The van der Waals surface area contributed by atoms with Gasteiger partial charge in [-0.15, -0.1) is 0 Å². The molecule has 40 heavy (non-hydrogen) atoms. The van der Waals surface area contributed by atoms with Crippen LogP contribution in [0, 0.1) is 19.7 Å². The summed E-state index contributed by atoms with van der Waals surface area (Å²) in [5.41, 5.74) is 5.47. The quantitative estimate of drug-likeness (QED) is 0.226. The van der Waals surface area contributed by atoms with Crippen molar-refractivity contribution < 1.29 is 15.3 Å². The van der Waals surface area contributed by atoms with Crippen molar-refractivity contribution in [2.75, 3.05) is 5.32 Å². The number of ether oxygens (including phenoxy) is 1. The molecule has 8 heteroatoms. The van der Waals surface area contributed by atoms with Crippen LogP contribution in [0.4, 0.5) is 10.1 Å². The first kappa shape index (κ1) is 28.4. The maximum absolute atomic E-state index is 15.0. The first-order valence-corrected chi connectivity index (χ1v) is 13.4. The van der Waals surface area contributed by atoms with E-state index < -0.39 is 5.82 Å². The molecule has 0 aliphatic carbocycles. The van der Waals surface area contributed by atoms with Crippen molar-refractivity contribution in [3.63, 3.8) is 0 Å². The molecule has 0 saturated carbocycles. The highest BCUT2D eigenvalue weighted by Crippen LogP contribution is 2.35. The fourth-order valence-corrected chi connectivity index (χ4v) is 4.21. The Bertz CT molecular complexity index is 1640. The number of aromatic nitrogens is 4. The molecule has 208 valence electrons. The molecule has 2 aromatic carbocycles. The van der Waals surface area contributed by atoms with Gasteiger partial charge in [-0.05, 0) is 73.4 Å². The minimum Gasteiger partial charge on any atom is -0.456 e. The van der Waals surface area contributed by atoms with E-state index in [9.17, 15) is 4.79 Å². The van der Waals surface area contributed by atoms with Crippen LogP contribution in [0.5, 0.6) is 11.5 Å². The predicted octanol–water partition coefficient (Wildman–Crippen LogP) is 7.90. The monoisotopic (exact) mass is 541 g/mol. The third-order valence-electron chi connectivity index (χ3n) is 6.21. The largest absolute Gasteiger partial charge is 0.456 e. The molecule has 0 spiro atoms. The zero-order chi connectivity index (χ0) is 28.6. The van der Waals surface area contributed by atoms with Gasteiger partial charge < -0.3 is 10.1 Å². The Kier molecular flexibility index (Phi) is 9.22. The molecule has 1 N–H and O–H groups in total. The van der Waals surface area contributed by atoms with E-state index in [2.05, 4.69) is 34.2 Å². The van der Waals surface area contributed by atoms with Crippen molar-refractivity contribution in [1.29, 1.82) is 0 Å². The number of anilines is 1. The number of hydrogen-bond acceptors (Lipinski definition) is 5. The molecule has 1 amide bonds. The number of aryl methyl sites for hydroxylation is 3. The average molecular weight is 542 g/mol. The summed E-state index contributed by atoms with van der Waals surface area (Å²) in [7, 11) is 0. The smallest absolute Gasteiger partial charge is 0.228 e. The number of nitrogens with zero attached hydrogens (tertiary/aromatic N) is 4. The lowest BCUT2D eigenvalue weighted by molar-refractivity contribution is -0.115. The molecule has 5 rings (SSSR count). The van der Waals surface area contributed by atoms with E-state index in [-0.39, 0.29) is 13.8 Å². The van der Waals surface area contributed by atoms with Crippen LogP contribution in [0.3, 0.4) is 0 Å². The van der Waals surface area contributed by atoms with E-state index in [0.29, 0.717) is 34.9 Å². The number of halogens is 1. The molecule has 5 aromatic rings. The van der Waals surface area contributed by atoms with Gasteiger partial charge in [-0.3, -0.25) is 19.4 Å². The summed E-state index contributed by atoms with van der Waals surface area (Å²) in [5, 5.41) is 7.69. The number of nitrogens with one attached hydrogen (secondary N) is 1. The molecular weight excluding hydrogens is 505 g/mol. The topological polar surface area (TPSA) is 81.9 Å². The molecule has 0 atom stereocenters. The lowest BCUT2D eigenvalue weighted by atomic mass is 10.0. The Morgan fingerprint density at radius 1 is 1.00 bits per heavy atom. The van der Waals surface area contributed by atoms with Gasteiger partial charge in [0, 0.05) is 49.8 Å². The Morgan fingerprint density at radius 3 is 2.52 bits per heavy atom. The van der Waals surface area contributed by atoms with E-state index in [4.69, 9.17) is 4.74 Å². The summed E-state index contributed by atoms with van der Waals surface area (Å²) in [6.45, 7) is 10.8. The van der Waals surface area contributed by atoms with Crippen molar-refractivity contribution in [3.05, 3.63) is 96.0 Å². The summed E-state index contributed by atoms with van der Waals surface area (Å²) in [6.07, 6.45) is 9.71. The minimum atomic E-state index is -0.509. The van der Waals surface area contributed by atoms with Gasteiger partial charge in [0.25, 0.3) is 0 Å². The van der Waals surface area contributed by atoms with Crippen LogP contribution in [0.2, 0.25) is 0 Å². The number of carbonyl (C=O) groups excluding carboxylic acids is 1. The number of benzene rings is 2. The number of fused-ring (bicyclic) bond motifs is 1. The SMILES string of the molecule is CCC.CCn1cc(NC(=O)Cc2cc(C)c(Oc3ccnc4ccc(-c5cnccc5C)cc34)cc2F)cn1.[HH]. The number of pyridine rings is 2.